The van der Waals surface area contributed by atoms with Crippen molar-refractivity contribution in [3.63, 3.8) is 0 Å². The summed E-state index contributed by atoms with van der Waals surface area (Å²) in [4.78, 5) is 42.0. The minimum Gasteiger partial charge on any atom is -0.327 e. The van der Waals surface area contributed by atoms with Gasteiger partial charge in [-0.3, -0.25) is 14.4 Å². The summed E-state index contributed by atoms with van der Waals surface area (Å²) in [5.74, 6) is -1.09. The van der Waals surface area contributed by atoms with E-state index in [4.69, 9.17) is 11.6 Å². The molecule has 2 fully saturated rings. The Balaban J connectivity index is 1.45. The molecule has 3 aromatic heterocycles. The monoisotopic (exact) mass is 479 g/mol. The Labute approximate surface area is 189 Å². The molecule has 3 aromatic rings. The van der Waals surface area contributed by atoms with Crippen molar-refractivity contribution >= 4 is 34.6 Å². The first-order valence-corrected chi connectivity index (χ1v) is 10.6. The summed E-state index contributed by atoms with van der Waals surface area (Å²) >= 11 is 6.34. The Kier molecular flexibility index (Phi) is 4.96. The second-order valence-electron chi connectivity index (χ2n) is 8.09. The van der Waals surface area contributed by atoms with Gasteiger partial charge in [0.05, 0.1) is 16.2 Å². The lowest BCUT2D eigenvalue weighted by Crippen LogP contribution is -2.52. The van der Waals surface area contributed by atoms with Crippen LogP contribution in [0, 0.1) is 0 Å². The Bertz CT molecular complexity index is 1320. The lowest BCUT2D eigenvalue weighted by atomic mass is 10.1. The second-order valence-corrected chi connectivity index (χ2v) is 8.47. The number of hydrogen-bond donors (Lipinski definition) is 1. The highest BCUT2D eigenvalue weighted by atomic mass is 35.5. The van der Waals surface area contributed by atoms with Crippen molar-refractivity contribution in [1.82, 2.24) is 19.5 Å². The third-order valence-corrected chi connectivity index (χ3v) is 6.20. The quantitative estimate of drug-likeness (QED) is 0.625. The van der Waals surface area contributed by atoms with Gasteiger partial charge in [-0.2, -0.15) is 18.3 Å². The lowest BCUT2D eigenvalue weighted by molar-refractivity contribution is -0.142. The zero-order valence-electron chi connectivity index (χ0n) is 17.0. The van der Waals surface area contributed by atoms with Crippen LogP contribution in [0.2, 0.25) is 5.02 Å². The van der Waals surface area contributed by atoms with Crippen LogP contribution in [0.15, 0.2) is 35.3 Å². The molecule has 2 amide bonds. The summed E-state index contributed by atoms with van der Waals surface area (Å²) < 4.78 is 41.7. The number of fused-ring (bicyclic) bond motifs is 1. The molecule has 1 saturated heterocycles. The highest BCUT2D eigenvalue weighted by Gasteiger charge is 2.38. The fraction of sp³-hybridized carbons (Fsp3) is 0.333. The van der Waals surface area contributed by atoms with Crippen molar-refractivity contribution in [3.8, 4) is 0 Å². The number of nitrogens with zero attached hydrogens (tertiary/aromatic N) is 4. The van der Waals surface area contributed by atoms with E-state index in [0.29, 0.717) is 15.8 Å². The maximum atomic E-state index is 13.7. The standard InChI is InChI=1S/C21H17ClF3N5O3/c22-18-14-7-12(11-1-2-11)8-15(21(23,24)25)30(14)27-19(18)20(33)28-5-6-29(17(32)10-28)13-3-4-16(31)26-9-13/h3-4,7-9,11H,1-2,5-6,10H2,(H,26,31). The van der Waals surface area contributed by atoms with Crippen molar-refractivity contribution in [2.75, 3.05) is 24.5 Å². The minimum absolute atomic E-state index is 0.00921. The number of halogens is 4. The molecule has 8 nitrogen and oxygen atoms in total. The zero-order valence-corrected chi connectivity index (χ0v) is 17.8. The van der Waals surface area contributed by atoms with Crippen molar-refractivity contribution < 1.29 is 22.8 Å². The Morgan fingerprint density at radius 1 is 1.15 bits per heavy atom. The Morgan fingerprint density at radius 3 is 2.52 bits per heavy atom. The van der Waals surface area contributed by atoms with Gasteiger partial charge in [-0.15, -0.1) is 0 Å². The normalized spacial score (nSPS) is 17.2. The molecule has 0 radical (unpaired) electrons. The highest BCUT2D eigenvalue weighted by Crippen LogP contribution is 2.43. The van der Waals surface area contributed by atoms with Crippen LogP contribution in [0.3, 0.4) is 0 Å². The smallest absolute Gasteiger partial charge is 0.327 e. The summed E-state index contributed by atoms with van der Waals surface area (Å²) in [6.07, 6.45) is -1.69. The molecule has 2 aliphatic rings. The number of H-pyrrole nitrogens is 1. The van der Waals surface area contributed by atoms with E-state index in [1.807, 2.05) is 0 Å². The maximum Gasteiger partial charge on any atom is 0.433 e. The fourth-order valence-corrected chi connectivity index (χ4v) is 4.22. The number of carbonyl (C=O) groups is 2. The predicted octanol–water partition coefficient (Wildman–Crippen LogP) is 3.06. The third kappa shape index (κ3) is 3.86. The topological polar surface area (TPSA) is 90.8 Å². The number of carbonyl (C=O) groups excluding carboxylic acids is 2. The zero-order chi connectivity index (χ0) is 23.5. The average Bonchev–Trinajstić information content (AvgIpc) is 3.57. The molecular weight excluding hydrogens is 463 g/mol. The van der Waals surface area contributed by atoms with E-state index in [1.165, 1.54) is 34.2 Å². The number of aromatic amines is 1. The van der Waals surface area contributed by atoms with Gasteiger partial charge in [0.25, 0.3) is 5.91 Å². The van der Waals surface area contributed by atoms with E-state index in [1.54, 1.807) is 0 Å². The molecule has 0 atom stereocenters. The average molecular weight is 480 g/mol. The van der Waals surface area contributed by atoms with Crippen molar-refractivity contribution in [2.24, 2.45) is 0 Å². The Hall–Kier alpha value is -3.34. The molecule has 0 aromatic carbocycles. The largest absolute Gasteiger partial charge is 0.433 e. The van der Waals surface area contributed by atoms with Gasteiger partial charge in [0.2, 0.25) is 11.5 Å². The second kappa shape index (κ2) is 7.62. The van der Waals surface area contributed by atoms with Crippen LogP contribution < -0.4 is 10.5 Å². The third-order valence-electron chi connectivity index (χ3n) is 5.83. The van der Waals surface area contributed by atoms with Crippen molar-refractivity contribution in [2.45, 2.75) is 24.9 Å². The molecule has 5 rings (SSSR count). The van der Waals surface area contributed by atoms with Crippen LogP contribution in [0.25, 0.3) is 5.52 Å². The first-order valence-electron chi connectivity index (χ1n) is 10.2. The predicted molar refractivity (Wildman–Crippen MR) is 112 cm³/mol. The van der Waals surface area contributed by atoms with E-state index in [2.05, 4.69) is 10.1 Å². The van der Waals surface area contributed by atoms with E-state index in [0.717, 1.165) is 18.9 Å². The number of aromatic nitrogens is 3. The van der Waals surface area contributed by atoms with Gasteiger partial charge < -0.3 is 14.8 Å². The number of piperazine rings is 1. The summed E-state index contributed by atoms with van der Waals surface area (Å²) in [6.45, 7) is -0.0454. The number of anilines is 1. The van der Waals surface area contributed by atoms with Crippen LogP contribution in [-0.2, 0) is 11.0 Å². The molecule has 0 unspecified atom stereocenters. The van der Waals surface area contributed by atoms with Gasteiger partial charge in [-0.1, -0.05) is 11.6 Å². The number of amides is 2. The number of alkyl halides is 3. The summed E-state index contributed by atoms with van der Waals surface area (Å²) in [5.41, 5.74) is -0.651. The molecule has 0 spiro atoms. The van der Waals surface area contributed by atoms with Crippen LogP contribution >= 0.6 is 11.6 Å². The molecule has 4 heterocycles. The fourth-order valence-electron chi connectivity index (χ4n) is 3.97. The molecule has 1 N–H and O–H groups in total. The van der Waals surface area contributed by atoms with Crippen LogP contribution in [0.1, 0.15) is 40.5 Å². The molecule has 172 valence electrons. The molecular formula is C21H17ClF3N5O3. The molecule has 12 heteroatoms. The van der Waals surface area contributed by atoms with E-state index in [9.17, 15) is 27.6 Å². The highest BCUT2D eigenvalue weighted by molar-refractivity contribution is 6.36. The molecule has 1 aliphatic heterocycles. The lowest BCUT2D eigenvalue weighted by Gasteiger charge is -2.33. The molecule has 33 heavy (non-hydrogen) atoms. The van der Waals surface area contributed by atoms with E-state index in [-0.39, 0.29) is 47.3 Å². The van der Waals surface area contributed by atoms with Crippen molar-refractivity contribution in [3.05, 3.63) is 62.8 Å². The van der Waals surface area contributed by atoms with Crippen molar-refractivity contribution in [1.29, 1.82) is 0 Å². The number of nitrogens with one attached hydrogen (secondary N) is 1. The molecule has 1 saturated carbocycles. The minimum atomic E-state index is -4.68. The summed E-state index contributed by atoms with van der Waals surface area (Å²) in [7, 11) is 0. The summed E-state index contributed by atoms with van der Waals surface area (Å²) in [6, 6.07) is 5.36. The van der Waals surface area contributed by atoms with E-state index >= 15 is 0 Å². The first-order chi connectivity index (χ1) is 15.6. The van der Waals surface area contributed by atoms with Gasteiger partial charge in [0.1, 0.15) is 12.2 Å². The van der Waals surface area contributed by atoms with Crippen LogP contribution in [0.5, 0.6) is 0 Å². The first kappa shape index (κ1) is 21.5. The molecule has 0 bridgehead atoms. The van der Waals surface area contributed by atoms with Gasteiger partial charge in [-0.05, 0) is 42.5 Å². The van der Waals surface area contributed by atoms with Gasteiger partial charge >= 0.3 is 6.18 Å². The summed E-state index contributed by atoms with van der Waals surface area (Å²) in [5, 5.41) is 3.72. The number of pyridine rings is 2. The molecule has 1 aliphatic carbocycles. The van der Waals surface area contributed by atoms with Crippen LogP contribution in [0.4, 0.5) is 18.9 Å². The number of rotatable bonds is 3. The SMILES string of the molecule is O=C(c1nn2c(C(F)(F)F)cc(C3CC3)cc2c1Cl)N1CCN(c2ccc(=O)[nH]c2)C(=O)C1. The van der Waals surface area contributed by atoms with Gasteiger partial charge in [0, 0.05) is 25.4 Å². The van der Waals surface area contributed by atoms with Crippen LogP contribution in [-0.4, -0.2) is 50.9 Å². The number of hydrogen-bond acceptors (Lipinski definition) is 4. The van der Waals surface area contributed by atoms with Gasteiger partial charge in [0.15, 0.2) is 5.69 Å². The Morgan fingerprint density at radius 2 is 1.91 bits per heavy atom. The maximum absolute atomic E-state index is 13.7. The van der Waals surface area contributed by atoms with Gasteiger partial charge in [-0.25, -0.2) is 4.52 Å². The van der Waals surface area contributed by atoms with E-state index < -0.39 is 23.7 Å².